The normalized spacial score (nSPS) is 17.2. The molecule has 1 aliphatic carbocycles. The van der Waals surface area contributed by atoms with Gasteiger partial charge in [0.25, 0.3) is 11.8 Å². The number of hydrogen-bond donors (Lipinski definition) is 1. The predicted octanol–water partition coefficient (Wildman–Crippen LogP) is 3.86. The van der Waals surface area contributed by atoms with Crippen LogP contribution < -0.4 is 15.1 Å². The van der Waals surface area contributed by atoms with E-state index in [1.165, 1.54) is 24.1 Å². The average Bonchev–Trinajstić information content (AvgIpc) is 2.99. The van der Waals surface area contributed by atoms with Crippen molar-refractivity contribution < 1.29 is 27.2 Å². The second kappa shape index (κ2) is 8.42. The summed E-state index contributed by atoms with van der Waals surface area (Å²) in [6.45, 7) is 2.86. The first-order valence-corrected chi connectivity index (χ1v) is 10.6. The largest absolute Gasteiger partial charge is 0.418 e. The fraction of sp³-hybridized carbons (Fsp3) is 0.318. The molecule has 2 heterocycles. The Morgan fingerprint density at radius 1 is 1.29 bits per heavy atom. The van der Waals surface area contributed by atoms with Crippen LogP contribution in [0.25, 0.3) is 0 Å². The van der Waals surface area contributed by atoms with Crippen molar-refractivity contribution in [3.05, 3.63) is 53.1 Å². The van der Waals surface area contributed by atoms with Crippen molar-refractivity contribution in [1.29, 1.82) is 0 Å². The number of hydrogen-bond acceptors (Lipinski definition) is 5. The highest BCUT2D eigenvalue weighted by atomic mass is 32.1. The maximum absolute atomic E-state index is 14.7. The molecule has 2 aromatic rings. The molecule has 1 saturated carbocycles. The Balaban J connectivity index is 1.79. The molecule has 2 amide bonds. The van der Waals surface area contributed by atoms with Crippen molar-refractivity contribution in [2.24, 2.45) is 4.99 Å². The Morgan fingerprint density at radius 3 is 2.53 bits per heavy atom. The Kier molecular flexibility index (Phi) is 5.88. The third-order valence-electron chi connectivity index (χ3n) is 6.06. The number of nitrogens with one attached hydrogen (secondary N) is 1. The topological polar surface area (TPSA) is 77.9 Å². The van der Waals surface area contributed by atoms with Crippen LogP contribution in [0.2, 0.25) is 0 Å². The molecule has 1 saturated heterocycles. The lowest BCUT2D eigenvalue weighted by Gasteiger charge is -2.43. The second-order valence-electron chi connectivity index (χ2n) is 7.95. The van der Waals surface area contributed by atoms with Gasteiger partial charge in [-0.15, -0.1) is 0 Å². The van der Waals surface area contributed by atoms with Gasteiger partial charge in [0.1, 0.15) is 11.4 Å². The maximum atomic E-state index is 14.7. The van der Waals surface area contributed by atoms with Gasteiger partial charge in [-0.1, -0.05) is 0 Å². The van der Waals surface area contributed by atoms with Gasteiger partial charge in [-0.3, -0.25) is 24.5 Å². The lowest BCUT2D eigenvalue weighted by molar-refractivity contribution is -0.138. The van der Waals surface area contributed by atoms with E-state index in [0.29, 0.717) is 19.3 Å². The molecule has 0 radical (unpaired) electrons. The summed E-state index contributed by atoms with van der Waals surface area (Å²) in [6.07, 6.45) is -2.14. The number of aliphatic imine (C=N–C) groups is 1. The molecule has 1 N–H and O–H groups in total. The number of halogens is 4. The van der Waals surface area contributed by atoms with Gasteiger partial charge in [-0.05, 0) is 62.5 Å². The van der Waals surface area contributed by atoms with Gasteiger partial charge in [0.05, 0.1) is 35.2 Å². The zero-order valence-corrected chi connectivity index (χ0v) is 18.8. The molecule has 12 heteroatoms. The number of thiocarbonyl (C=S) groups is 1. The second-order valence-corrected chi connectivity index (χ2v) is 8.32. The summed E-state index contributed by atoms with van der Waals surface area (Å²) in [6, 6.07) is 4.62. The molecule has 2 fully saturated rings. The minimum atomic E-state index is -4.74. The first-order valence-electron chi connectivity index (χ1n) is 10.2. The quantitative estimate of drug-likeness (QED) is 0.389. The van der Waals surface area contributed by atoms with Gasteiger partial charge in [0.2, 0.25) is 0 Å². The number of carbonyl (C=O) groups excluding carboxylic acids is 2. The van der Waals surface area contributed by atoms with E-state index >= 15 is 0 Å². The van der Waals surface area contributed by atoms with Crippen molar-refractivity contribution in [3.63, 3.8) is 0 Å². The summed E-state index contributed by atoms with van der Waals surface area (Å²) >= 11 is 5.52. The highest BCUT2D eigenvalue weighted by molar-refractivity contribution is 7.81. The maximum Gasteiger partial charge on any atom is 0.418 e. The number of alkyl halides is 3. The molecular weight excluding hydrogens is 474 g/mol. The molecule has 2 aliphatic rings. The standard InChI is InChI=1S/C22H19F4N5O2S/c1-27-11-17-15(22(24,25)26)8-13(10-29-17)30-19(33)21(6-3-7-21)31(20(30)34)12-4-5-14(16(23)9-12)18(32)28-2/h4-5,8-10H,1,3,6-7,11H2,2H3,(H,28,32). The van der Waals surface area contributed by atoms with E-state index in [1.807, 2.05) is 0 Å². The Bertz CT molecular complexity index is 1210. The van der Waals surface area contributed by atoms with Gasteiger partial charge in [0.15, 0.2) is 5.11 Å². The summed E-state index contributed by atoms with van der Waals surface area (Å²) in [7, 11) is 1.37. The molecule has 178 valence electrons. The lowest BCUT2D eigenvalue weighted by atomic mass is 9.75. The van der Waals surface area contributed by atoms with Gasteiger partial charge in [0, 0.05) is 12.7 Å². The molecule has 34 heavy (non-hydrogen) atoms. The minimum absolute atomic E-state index is 0.0960. The van der Waals surface area contributed by atoms with Gasteiger partial charge in [-0.25, -0.2) is 4.39 Å². The number of benzene rings is 1. The van der Waals surface area contributed by atoms with E-state index in [2.05, 4.69) is 22.0 Å². The molecule has 0 atom stereocenters. The monoisotopic (exact) mass is 493 g/mol. The highest BCUT2D eigenvalue weighted by Gasteiger charge is 2.59. The lowest BCUT2D eigenvalue weighted by Crippen LogP contribution is -2.55. The van der Waals surface area contributed by atoms with Gasteiger partial charge < -0.3 is 10.2 Å². The fourth-order valence-corrected chi connectivity index (χ4v) is 4.72. The van der Waals surface area contributed by atoms with E-state index in [1.54, 1.807) is 0 Å². The van der Waals surface area contributed by atoms with Gasteiger partial charge in [-0.2, -0.15) is 13.2 Å². The number of pyridine rings is 1. The predicted molar refractivity (Wildman–Crippen MR) is 121 cm³/mol. The Hall–Kier alpha value is -3.41. The van der Waals surface area contributed by atoms with Crippen molar-refractivity contribution in [2.75, 3.05) is 16.8 Å². The Labute approximate surface area is 197 Å². The summed E-state index contributed by atoms with van der Waals surface area (Å²) in [5, 5.41) is 2.24. The van der Waals surface area contributed by atoms with E-state index in [0.717, 1.165) is 23.2 Å². The van der Waals surface area contributed by atoms with Crippen molar-refractivity contribution >= 4 is 47.2 Å². The number of carbonyl (C=O) groups is 2. The summed E-state index contributed by atoms with van der Waals surface area (Å²) in [5.74, 6) is -1.95. The van der Waals surface area contributed by atoms with Crippen LogP contribution in [0.5, 0.6) is 0 Å². The van der Waals surface area contributed by atoms with E-state index in [-0.39, 0.29) is 34.3 Å². The van der Waals surface area contributed by atoms with E-state index in [4.69, 9.17) is 12.2 Å². The van der Waals surface area contributed by atoms with Crippen LogP contribution in [0.15, 0.2) is 35.5 Å². The molecular formula is C22H19F4N5O2S. The summed E-state index contributed by atoms with van der Waals surface area (Å²) in [5.41, 5.74) is -2.63. The molecule has 7 nitrogen and oxygen atoms in total. The first-order chi connectivity index (χ1) is 16.0. The van der Waals surface area contributed by atoms with Crippen LogP contribution in [0, 0.1) is 5.82 Å². The molecule has 1 aliphatic heterocycles. The number of anilines is 2. The van der Waals surface area contributed by atoms with Crippen LogP contribution in [-0.4, -0.2) is 41.2 Å². The van der Waals surface area contributed by atoms with Crippen LogP contribution in [0.1, 0.15) is 40.9 Å². The fourth-order valence-electron chi connectivity index (χ4n) is 4.25. The smallest absolute Gasteiger partial charge is 0.355 e. The molecule has 1 aromatic carbocycles. The zero-order valence-electron chi connectivity index (χ0n) is 17.9. The minimum Gasteiger partial charge on any atom is -0.355 e. The highest BCUT2D eigenvalue weighted by Crippen LogP contribution is 2.48. The van der Waals surface area contributed by atoms with Crippen LogP contribution >= 0.6 is 12.2 Å². The summed E-state index contributed by atoms with van der Waals surface area (Å²) < 4.78 is 55.7. The molecule has 1 aromatic heterocycles. The molecule has 4 rings (SSSR count). The van der Waals surface area contributed by atoms with Crippen molar-refractivity contribution in [3.8, 4) is 0 Å². The molecule has 0 unspecified atom stereocenters. The molecule has 1 spiro atoms. The van der Waals surface area contributed by atoms with Crippen molar-refractivity contribution in [1.82, 2.24) is 10.3 Å². The average molecular weight is 493 g/mol. The number of aromatic nitrogens is 1. The van der Waals surface area contributed by atoms with Crippen LogP contribution in [-0.2, 0) is 17.5 Å². The summed E-state index contributed by atoms with van der Waals surface area (Å²) in [4.78, 5) is 35.1. The molecule has 0 bridgehead atoms. The SMILES string of the molecule is C=NCc1ncc(N2C(=O)C3(CCC3)N(c3ccc(C(=O)NC)c(F)c3)C2=S)cc1C(F)(F)F. The van der Waals surface area contributed by atoms with E-state index < -0.39 is 34.9 Å². The number of amides is 2. The van der Waals surface area contributed by atoms with Crippen molar-refractivity contribution in [2.45, 2.75) is 37.5 Å². The number of rotatable bonds is 5. The first kappa shape index (κ1) is 23.7. The third kappa shape index (κ3) is 3.61. The van der Waals surface area contributed by atoms with E-state index in [9.17, 15) is 27.2 Å². The van der Waals surface area contributed by atoms with Gasteiger partial charge >= 0.3 is 6.18 Å². The zero-order chi connectivity index (χ0) is 24.8. The van der Waals surface area contributed by atoms with Crippen LogP contribution in [0.4, 0.5) is 28.9 Å². The van der Waals surface area contributed by atoms with Crippen LogP contribution in [0.3, 0.4) is 0 Å². The third-order valence-corrected chi connectivity index (χ3v) is 6.42. The Morgan fingerprint density at radius 2 is 2.00 bits per heavy atom. The number of nitrogens with zero attached hydrogens (tertiary/aromatic N) is 4.